The molecule has 2 nitrogen and oxygen atoms in total. The van der Waals surface area contributed by atoms with Gasteiger partial charge in [0.2, 0.25) is 0 Å². The second kappa shape index (κ2) is 6.62. The Bertz CT molecular complexity index is 439. The Morgan fingerprint density at radius 1 is 1.25 bits per heavy atom. The van der Waals surface area contributed by atoms with Crippen LogP contribution in [0.5, 0.6) is 5.75 Å². The predicted octanol–water partition coefficient (Wildman–Crippen LogP) is 4.77. The fourth-order valence-electron chi connectivity index (χ4n) is 2.98. The second-order valence-corrected chi connectivity index (χ2v) is 6.67. The second-order valence-electron chi connectivity index (χ2n) is 6.67. The summed E-state index contributed by atoms with van der Waals surface area (Å²) in [5, 5.41) is 3.74. The van der Waals surface area contributed by atoms with Crippen LogP contribution >= 0.6 is 0 Å². The van der Waals surface area contributed by atoms with Crippen molar-refractivity contribution in [2.45, 2.75) is 71.4 Å². The molecule has 0 fully saturated rings. The predicted molar refractivity (Wildman–Crippen MR) is 85.4 cm³/mol. The van der Waals surface area contributed by atoms with E-state index in [0.29, 0.717) is 6.04 Å². The zero-order valence-corrected chi connectivity index (χ0v) is 13.5. The van der Waals surface area contributed by atoms with Crippen LogP contribution in [0.25, 0.3) is 0 Å². The van der Waals surface area contributed by atoms with Gasteiger partial charge in [0.1, 0.15) is 11.4 Å². The Morgan fingerprint density at radius 3 is 2.80 bits per heavy atom. The first-order valence-corrected chi connectivity index (χ1v) is 8.05. The Kier molecular flexibility index (Phi) is 5.09. The maximum atomic E-state index is 6.11. The highest BCUT2D eigenvalue weighted by Gasteiger charge is 2.33. The number of nitrogens with one attached hydrogen (secondary N) is 1. The highest BCUT2D eigenvalue weighted by Crippen LogP contribution is 2.39. The molecular formula is C18H29NO. The van der Waals surface area contributed by atoms with Crippen LogP contribution in [0.2, 0.25) is 0 Å². The average molecular weight is 275 g/mol. The zero-order valence-electron chi connectivity index (χ0n) is 13.5. The van der Waals surface area contributed by atoms with Crippen molar-refractivity contribution < 1.29 is 4.74 Å². The molecule has 1 N–H and O–H groups in total. The van der Waals surface area contributed by atoms with Crippen molar-refractivity contribution >= 4 is 0 Å². The third kappa shape index (κ3) is 3.99. The lowest BCUT2D eigenvalue weighted by Crippen LogP contribution is -2.39. The number of benzene rings is 1. The van der Waals surface area contributed by atoms with Crippen LogP contribution in [-0.2, 0) is 0 Å². The number of fused-ring (bicyclic) bond motifs is 1. The largest absolute Gasteiger partial charge is 0.487 e. The summed E-state index contributed by atoms with van der Waals surface area (Å²) in [5.41, 5.74) is 2.56. The van der Waals surface area contributed by atoms with E-state index in [1.54, 1.807) is 0 Å². The molecule has 0 saturated carbocycles. The maximum absolute atomic E-state index is 6.11. The topological polar surface area (TPSA) is 21.3 Å². The molecule has 1 aliphatic rings. The van der Waals surface area contributed by atoms with Gasteiger partial charge in [0.25, 0.3) is 0 Å². The van der Waals surface area contributed by atoms with E-state index >= 15 is 0 Å². The highest BCUT2D eigenvalue weighted by molar-refractivity contribution is 5.41. The Morgan fingerprint density at radius 2 is 2.05 bits per heavy atom. The molecular weight excluding hydrogens is 246 g/mol. The third-order valence-corrected chi connectivity index (χ3v) is 4.04. The number of hydrogen-bond donors (Lipinski definition) is 1. The summed E-state index contributed by atoms with van der Waals surface area (Å²) >= 11 is 0. The van der Waals surface area contributed by atoms with Crippen molar-refractivity contribution in [1.82, 2.24) is 5.32 Å². The highest BCUT2D eigenvalue weighted by atomic mass is 16.5. The van der Waals surface area contributed by atoms with E-state index in [4.69, 9.17) is 4.74 Å². The van der Waals surface area contributed by atoms with Gasteiger partial charge in [-0.3, -0.25) is 0 Å². The van der Waals surface area contributed by atoms with E-state index in [1.165, 1.54) is 36.8 Å². The van der Waals surface area contributed by atoms with E-state index in [9.17, 15) is 0 Å². The maximum Gasteiger partial charge on any atom is 0.124 e. The van der Waals surface area contributed by atoms with Crippen molar-refractivity contribution in [2.75, 3.05) is 6.54 Å². The summed E-state index contributed by atoms with van der Waals surface area (Å²) < 4.78 is 6.11. The summed E-state index contributed by atoms with van der Waals surface area (Å²) in [6.45, 7) is 9.88. The fraction of sp³-hybridized carbons (Fsp3) is 0.667. The molecule has 0 aromatic heterocycles. The van der Waals surface area contributed by atoms with Crippen molar-refractivity contribution in [3.63, 3.8) is 0 Å². The molecule has 1 aliphatic heterocycles. The molecule has 0 bridgehead atoms. The smallest absolute Gasteiger partial charge is 0.124 e. The lowest BCUT2D eigenvalue weighted by Gasteiger charge is -2.38. The van der Waals surface area contributed by atoms with Gasteiger partial charge in [-0.25, -0.2) is 0 Å². The van der Waals surface area contributed by atoms with Gasteiger partial charge in [-0.1, -0.05) is 43.9 Å². The minimum absolute atomic E-state index is 0.0800. The van der Waals surface area contributed by atoms with E-state index in [2.05, 4.69) is 51.2 Å². The summed E-state index contributed by atoms with van der Waals surface area (Å²) in [5.74, 6) is 1.05. The molecule has 0 saturated heterocycles. The SMILES string of the molecule is CCCCCCNC1CC(C)(C)Oc2ccc(C)cc21. The standard InChI is InChI=1S/C18H29NO/c1-5-6-7-8-11-19-16-13-18(3,4)20-17-10-9-14(2)12-15(16)17/h9-10,12,16,19H,5-8,11,13H2,1-4H3. The molecule has 1 unspecified atom stereocenters. The van der Waals surface area contributed by atoms with Gasteiger partial charge in [-0.15, -0.1) is 0 Å². The molecule has 0 aliphatic carbocycles. The van der Waals surface area contributed by atoms with Crippen LogP contribution in [-0.4, -0.2) is 12.1 Å². The summed E-state index contributed by atoms with van der Waals surface area (Å²) in [4.78, 5) is 0. The van der Waals surface area contributed by atoms with Gasteiger partial charge >= 0.3 is 0 Å². The van der Waals surface area contributed by atoms with Crippen molar-refractivity contribution in [3.05, 3.63) is 29.3 Å². The zero-order chi connectivity index (χ0) is 14.6. The van der Waals surface area contributed by atoms with Crippen LogP contribution in [0.1, 0.15) is 70.0 Å². The van der Waals surface area contributed by atoms with E-state index in [0.717, 1.165) is 18.7 Å². The van der Waals surface area contributed by atoms with Gasteiger partial charge < -0.3 is 10.1 Å². The lowest BCUT2D eigenvalue weighted by molar-refractivity contribution is 0.0660. The van der Waals surface area contributed by atoms with Gasteiger partial charge in [0.05, 0.1) is 0 Å². The number of unbranched alkanes of at least 4 members (excludes halogenated alkanes) is 3. The van der Waals surface area contributed by atoms with Gasteiger partial charge in [-0.2, -0.15) is 0 Å². The number of aryl methyl sites for hydroxylation is 1. The Labute approximate surface area is 123 Å². The van der Waals surface area contributed by atoms with Gasteiger partial charge in [0.15, 0.2) is 0 Å². The molecule has 112 valence electrons. The van der Waals surface area contributed by atoms with Gasteiger partial charge in [-0.05, 0) is 39.8 Å². The minimum Gasteiger partial charge on any atom is -0.487 e. The molecule has 20 heavy (non-hydrogen) atoms. The molecule has 1 aromatic carbocycles. The summed E-state index contributed by atoms with van der Waals surface area (Å²) in [6.07, 6.45) is 6.28. The first-order valence-electron chi connectivity index (χ1n) is 8.05. The lowest BCUT2D eigenvalue weighted by atomic mass is 9.89. The molecule has 0 radical (unpaired) electrons. The molecule has 2 heteroatoms. The molecule has 1 heterocycles. The molecule has 1 atom stereocenters. The average Bonchev–Trinajstić information content (AvgIpc) is 2.38. The quantitative estimate of drug-likeness (QED) is 0.755. The fourth-order valence-corrected chi connectivity index (χ4v) is 2.98. The van der Waals surface area contributed by atoms with Gasteiger partial charge in [0, 0.05) is 18.0 Å². The summed E-state index contributed by atoms with van der Waals surface area (Å²) in [6, 6.07) is 6.96. The Balaban J connectivity index is 2.02. The van der Waals surface area contributed by atoms with Crippen molar-refractivity contribution in [3.8, 4) is 5.75 Å². The van der Waals surface area contributed by atoms with E-state index in [1.807, 2.05) is 0 Å². The first kappa shape index (κ1) is 15.4. The molecule has 2 rings (SSSR count). The van der Waals surface area contributed by atoms with Crippen molar-refractivity contribution in [2.24, 2.45) is 0 Å². The first-order chi connectivity index (χ1) is 9.52. The van der Waals surface area contributed by atoms with Crippen molar-refractivity contribution in [1.29, 1.82) is 0 Å². The normalized spacial score (nSPS) is 20.3. The number of rotatable bonds is 6. The van der Waals surface area contributed by atoms with E-state index < -0.39 is 0 Å². The molecule has 1 aromatic rings. The van der Waals surface area contributed by atoms with Crippen LogP contribution < -0.4 is 10.1 Å². The monoisotopic (exact) mass is 275 g/mol. The number of hydrogen-bond acceptors (Lipinski definition) is 2. The van der Waals surface area contributed by atoms with Crippen LogP contribution in [0, 0.1) is 6.92 Å². The third-order valence-electron chi connectivity index (χ3n) is 4.04. The number of ether oxygens (including phenoxy) is 1. The summed E-state index contributed by atoms with van der Waals surface area (Å²) in [7, 11) is 0. The Hall–Kier alpha value is -1.02. The molecule has 0 spiro atoms. The van der Waals surface area contributed by atoms with Crippen LogP contribution in [0.3, 0.4) is 0 Å². The minimum atomic E-state index is -0.0800. The van der Waals surface area contributed by atoms with E-state index in [-0.39, 0.29) is 5.60 Å². The van der Waals surface area contributed by atoms with Crippen LogP contribution in [0.15, 0.2) is 18.2 Å². The molecule has 0 amide bonds. The van der Waals surface area contributed by atoms with Crippen LogP contribution in [0.4, 0.5) is 0 Å².